The third kappa shape index (κ3) is 4.57. The van der Waals surface area contributed by atoms with Crippen LogP contribution in [0, 0.1) is 0 Å². The quantitative estimate of drug-likeness (QED) is 0.828. The molecule has 1 aromatic heterocycles. The molecule has 0 radical (unpaired) electrons. The molecule has 0 unspecified atom stereocenters. The molecular weight excluding hydrogens is 258 g/mol. The fourth-order valence-electron chi connectivity index (χ4n) is 2.65. The van der Waals surface area contributed by atoms with Gasteiger partial charge in [-0.25, -0.2) is 0 Å². The number of likely N-dealkylation sites (N-methyl/N-ethyl adjacent to an activating group) is 1. The molecule has 2 rings (SSSR count). The molecule has 0 spiro atoms. The summed E-state index contributed by atoms with van der Waals surface area (Å²) in [5, 5.41) is 0. The van der Waals surface area contributed by atoms with Crippen LogP contribution in [0.1, 0.15) is 25.0 Å². The second kappa shape index (κ2) is 6.72. The molecule has 0 saturated heterocycles. The minimum absolute atomic E-state index is 0.112. The highest BCUT2D eigenvalue weighted by Crippen LogP contribution is 2.24. The lowest BCUT2D eigenvalue weighted by molar-refractivity contribution is 0.270. The first kappa shape index (κ1) is 15.5. The van der Waals surface area contributed by atoms with Crippen molar-refractivity contribution in [2.24, 2.45) is 0 Å². The van der Waals surface area contributed by atoms with E-state index in [1.807, 2.05) is 24.5 Å². The van der Waals surface area contributed by atoms with Crippen LogP contribution in [0.5, 0.6) is 0 Å². The zero-order valence-electron chi connectivity index (χ0n) is 13.2. The van der Waals surface area contributed by atoms with Crippen LogP contribution in [0.4, 0.5) is 5.69 Å². The van der Waals surface area contributed by atoms with Crippen LogP contribution in [-0.2, 0) is 11.8 Å². The largest absolute Gasteiger partial charge is 0.399 e. The summed E-state index contributed by atoms with van der Waals surface area (Å²) in [5.74, 6) is 0. The fraction of sp³-hybridized carbons (Fsp3) is 0.389. The maximum atomic E-state index is 5.77. The normalized spacial score (nSPS) is 11.8. The van der Waals surface area contributed by atoms with Gasteiger partial charge >= 0.3 is 0 Å². The second-order valence-electron chi connectivity index (χ2n) is 6.35. The van der Waals surface area contributed by atoms with Crippen molar-refractivity contribution in [1.82, 2.24) is 9.88 Å². The van der Waals surface area contributed by atoms with Gasteiger partial charge in [0.15, 0.2) is 0 Å². The first-order chi connectivity index (χ1) is 9.97. The average Bonchev–Trinajstić information content (AvgIpc) is 2.46. The summed E-state index contributed by atoms with van der Waals surface area (Å²) in [6.45, 7) is 6.62. The van der Waals surface area contributed by atoms with Crippen molar-refractivity contribution in [3.8, 4) is 0 Å². The smallest absolute Gasteiger partial charge is 0.0314 e. The Morgan fingerprint density at radius 1 is 1.05 bits per heavy atom. The Hall–Kier alpha value is -1.87. The Balaban J connectivity index is 1.91. The molecular formula is C18H25N3. The van der Waals surface area contributed by atoms with Gasteiger partial charge < -0.3 is 10.6 Å². The number of nitrogens with two attached hydrogens (primary N) is 1. The highest BCUT2D eigenvalue weighted by molar-refractivity contribution is 5.41. The van der Waals surface area contributed by atoms with Crippen molar-refractivity contribution in [2.75, 3.05) is 25.9 Å². The van der Waals surface area contributed by atoms with Gasteiger partial charge in [0.25, 0.3) is 0 Å². The van der Waals surface area contributed by atoms with Gasteiger partial charge in [-0.05, 0) is 48.9 Å². The zero-order valence-corrected chi connectivity index (χ0v) is 13.2. The minimum Gasteiger partial charge on any atom is -0.399 e. The third-order valence-electron chi connectivity index (χ3n) is 3.89. The zero-order chi connectivity index (χ0) is 15.3. The number of benzene rings is 1. The maximum absolute atomic E-state index is 5.77. The van der Waals surface area contributed by atoms with E-state index >= 15 is 0 Å². The molecule has 0 bridgehead atoms. The fourth-order valence-corrected chi connectivity index (χ4v) is 2.65. The van der Waals surface area contributed by atoms with Crippen molar-refractivity contribution >= 4 is 5.69 Å². The molecule has 0 aliphatic heterocycles. The Labute approximate surface area is 127 Å². The summed E-state index contributed by atoms with van der Waals surface area (Å²) in [4.78, 5) is 6.44. The van der Waals surface area contributed by atoms with Gasteiger partial charge in [-0.3, -0.25) is 4.98 Å². The molecule has 0 fully saturated rings. The standard InChI is InChI=1S/C18H25N3/c1-18(2,16-4-6-17(19)7-5-16)14-21(3)13-10-15-8-11-20-12-9-15/h4-9,11-12H,10,13-14,19H2,1-3H3. The summed E-state index contributed by atoms with van der Waals surface area (Å²) in [6.07, 6.45) is 4.76. The SMILES string of the molecule is CN(CCc1ccncc1)CC(C)(C)c1ccc(N)cc1. The van der Waals surface area contributed by atoms with Crippen molar-refractivity contribution in [3.63, 3.8) is 0 Å². The van der Waals surface area contributed by atoms with E-state index in [9.17, 15) is 0 Å². The number of pyridine rings is 1. The van der Waals surface area contributed by atoms with E-state index in [2.05, 4.69) is 55.0 Å². The van der Waals surface area contributed by atoms with Crippen LogP contribution in [0.3, 0.4) is 0 Å². The van der Waals surface area contributed by atoms with Gasteiger partial charge in [0, 0.05) is 36.6 Å². The van der Waals surface area contributed by atoms with Gasteiger partial charge in [-0.2, -0.15) is 0 Å². The van der Waals surface area contributed by atoms with Crippen LogP contribution >= 0.6 is 0 Å². The molecule has 1 aromatic carbocycles. The van der Waals surface area contributed by atoms with Gasteiger partial charge in [0.1, 0.15) is 0 Å². The molecule has 0 saturated carbocycles. The van der Waals surface area contributed by atoms with E-state index < -0.39 is 0 Å². The Kier molecular flexibility index (Phi) is 4.97. The van der Waals surface area contributed by atoms with Crippen molar-refractivity contribution in [2.45, 2.75) is 25.7 Å². The number of rotatable bonds is 6. The number of nitrogens with zero attached hydrogens (tertiary/aromatic N) is 2. The van der Waals surface area contributed by atoms with Crippen LogP contribution in [0.15, 0.2) is 48.8 Å². The lowest BCUT2D eigenvalue weighted by Crippen LogP contribution is -2.35. The van der Waals surface area contributed by atoms with Gasteiger partial charge in [0.2, 0.25) is 0 Å². The lowest BCUT2D eigenvalue weighted by Gasteiger charge is -2.31. The summed E-state index contributed by atoms with van der Waals surface area (Å²) >= 11 is 0. The lowest BCUT2D eigenvalue weighted by atomic mass is 9.84. The number of hydrogen-bond acceptors (Lipinski definition) is 3. The Bertz CT molecular complexity index is 546. The Morgan fingerprint density at radius 2 is 1.67 bits per heavy atom. The molecule has 0 atom stereocenters. The number of aromatic nitrogens is 1. The van der Waals surface area contributed by atoms with Gasteiger partial charge in [-0.1, -0.05) is 26.0 Å². The molecule has 2 N–H and O–H groups in total. The van der Waals surface area contributed by atoms with E-state index in [4.69, 9.17) is 5.73 Å². The van der Waals surface area contributed by atoms with Crippen molar-refractivity contribution < 1.29 is 0 Å². The third-order valence-corrected chi connectivity index (χ3v) is 3.89. The van der Waals surface area contributed by atoms with Gasteiger partial charge in [0.05, 0.1) is 0 Å². The van der Waals surface area contributed by atoms with E-state index in [1.54, 1.807) is 0 Å². The molecule has 1 heterocycles. The summed E-state index contributed by atoms with van der Waals surface area (Å²) < 4.78 is 0. The van der Waals surface area contributed by atoms with Crippen LogP contribution in [-0.4, -0.2) is 30.0 Å². The van der Waals surface area contributed by atoms with Crippen LogP contribution in [0.25, 0.3) is 0 Å². The highest BCUT2D eigenvalue weighted by atomic mass is 15.1. The van der Waals surface area contributed by atoms with Crippen LogP contribution < -0.4 is 5.73 Å². The highest BCUT2D eigenvalue weighted by Gasteiger charge is 2.22. The van der Waals surface area contributed by atoms with E-state index in [-0.39, 0.29) is 5.41 Å². The first-order valence-corrected chi connectivity index (χ1v) is 7.41. The predicted molar refractivity (Wildman–Crippen MR) is 89.3 cm³/mol. The maximum Gasteiger partial charge on any atom is 0.0314 e. The summed E-state index contributed by atoms with van der Waals surface area (Å²) in [7, 11) is 2.18. The van der Waals surface area contributed by atoms with E-state index in [0.29, 0.717) is 0 Å². The molecule has 0 aliphatic carbocycles. The molecule has 112 valence electrons. The van der Waals surface area contributed by atoms with Crippen molar-refractivity contribution in [1.29, 1.82) is 0 Å². The minimum atomic E-state index is 0.112. The number of anilines is 1. The average molecular weight is 283 g/mol. The monoisotopic (exact) mass is 283 g/mol. The number of nitrogen functional groups attached to an aromatic ring is 1. The topological polar surface area (TPSA) is 42.2 Å². The van der Waals surface area contributed by atoms with Crippen molar-refractivity contribution in [3.05, 3.63) is 59.9 Å². The second-order valence-corrected chi connectivity index (χ2v) is 6.35. The summed E-state index contributed by atoms with van der Waals surface area (Å²) in [6, 6.07) is 12.4. The predicted octanol–water partition coefficient (Wildman–Crippen LogP) is 3.12. The molecule has 2 aromatic rings. The van der Waals surface area contributed by atoms with Crippen LogP contribution in [0.2, 0.25) is 0 Å². The van der Waals surface area contributed by atoms with E-state index in [0.717, 1.165) is 25.2 Å². The molecule has 0 amide bonds. The molecule has 3 heteroatoms. The summed E-state index contributed by atoms with van der Waals surface area (Å²) in [5.41, 5.74) is 9.36. The first-order valence-electron chi connectivity index (χ1n) is 7.41. The van der Waals surface area contributed by atoms with E-state index in [1.165, 1.54) is 11.1 Å². The molecule has 21 heavy (non-hydrogen) atoms. The molecule has 0 aliphatic rings. The molecule has 3 nitrogen and oxygen atoms in total. The Morgan fingerprint density at radius 3 is 2.29 bits per heavy atom. The number of hydrogen-bond donors (Lipinski definition) is 1. The van der Waals surface area contributed by atoms with Gasteiger partial charge in [-0.15, -0.1) is 0 Å².